The summed E-state index contributed by atoms with van der Waals surface area (Å²) in [7, 11) is 0. The van der Waals surface area contributed by atoms with E-state index in [4.69, 9.17) is 0 Å². The van der Waals surface area contributed by atoms with Crippen molar-refractivity contribution in [3.63, 3.8) is 0 Å². The highest BCUT2D eigenvalue weighted by Crippen LogP contribution is 2.30. The van der Waals surface area contributed by atoms with Crippen LogP contribution in [0.4, 0.5) is 23.7 Å². The van der Waals surface area contributed by atoms with Crippen molar-refractivity contribution in [1.82, 2.24) is 0 Å². The van der Waals surface area contributed by atoms with E-state index in [9.17, 15) is 18.0 Å². The number of ether oxygens (including phenoxy) is 1. The van der Waals surface area contributed by atoms with E-state index in [1.165, 1.54) is 19.1 Å². The SMILES string of the molecule is C[CH]OC(=O)Nc1cccc(C(F)(F)F)c1. The van der Waals surface area contributed by atoms with E-state index in [2.05, 4.69) is 10.1 Å². The summed E-state index contributed by atoms with van der Waals surface area (Å²) in [6.45, 7) is 2.61. The van der Waals surface area contributed by atoms with Gasteiger partial charge in [-0.25, -0.2) is 4.79 Å². The summed E-state index contributed by atoms with van der Waals surface area (Å²) in [5.74, 6) is 0. The van der Waals surface area contributed by atoms with Crippen LogP contribution in [0.3, 0.4) is 0 Å². The number of hydrogen-bond acceptors (Lipinski definition) is 2. The molecule has 1 amide bonds. The van der Waals surface area contributed by atoms with E-state index in [-0.39, 0.29) is 5.69 Å². The number of carbonyl (C=O) groups excluding carboxylic acids is 1. The summed E-state index contributed by atoms with van der Waals surface area (Å²) < 4.78 is 41.3. The molecule has 16 heavy (non-hydrogen) atoms. The van der Waals surface area contributed by atoms with Crippen LogP contribution in [0.25, 0.3) is 0 Å². The maximum atomic E-state index is 12.3. The summed E-state index contributed by atoms with van der Waals surface area (Å²) in [6.07, 6.45) is -5.26. The topological polar surface area (TPSA) is 38.3 Å². The fourth-order valence-electron chi connectivity index (χ4n) is 1.03. The first-order chi connectivity index (χ1) is 7.43. The van der Waals surface area contributed by atoms with Gasteiger partial charge in [-0.05, 0) is 25.1 Å². The van der Waals surface area contributed by atoms with E-state index >= 15 is 0 Å². The van der Waals surface area contributed by atoms with Crippen molar-refractivity contribution in [2.45, 2.75) is 13.1 Å². The van der Waals surface area contributed by atoms with Crippen molar-refractivity contribution in [1.29, 1.82) is 0 Å². The lowest BCUT2D eigenvalue weighted by Gasteiger charge is -2.09. The monoisotopic (exact) mass is 232 g/mol. The van der Waals surface area contributed by atoms with Crippen LogP contribution in [0.2, 0.25) is 0 Å². The van der Waals surface area contributed by atoms with Gasteiger partial charge in [0.1, 0.15) is 6.61 Å². The van der Waals surface area contributed by atoms with Gasteiger partial charge in [-0.3, -0.25) is 5.32 Å². The minimum atomic E-state index is -4.43. The Hall–Kier alpha value is -1.72. The predicted octanol–water partition coefficient (Wildman–Crippen LogP) is 3.44. The van der Waals surface area contributed by atoms with Crippen LogP contribution in [0.1, 0.15) is 12.5 Å². The first-order valence-corrected chi connectivity index (χ1v) is 4.36. The highest BCUT2D eigenvalue weighted by molar-refractivity contribution is 5.84. The predicted molar refractivity (Wildman–Crippen MR) is 51.5 cm³/mol. The Bertz CT molecular complexity index is 377. The molecule has 0 heterocycles. The first-order valence-electron chi connectivity index (χ1n) is 4.36. The fourth-order valence-corrected chi connectivity index (χ4v) is 1.03. The maximum absolute atomic E-state index is 12.3. The number of hydrogen-bond donors (Lipinski definition) is 1. The van der Waals surface area contributed by atoms with Crippen LogP contribution in [0.15, 0.2) is 24.3 Å². The molecule has 0 unspecified atom stereocenters. The molecule has 1 N–H and O–H groups in total. The van der Waals surface area contributed by atoms with Crippen molar-refractivity contribution in [3.8, 4) is 0 Å². The van der Waals surface area contributed by atoms with E-state index in [1.54, 1.807) is 0 Å². The molecule has 1 aromatic carbocycles. The van der Waals surface area contributed by atoms with Crippen molar-refractivity contribution in [2.24, 2.45) is 0 Å². The average Bonchev–Trinajstić information content (AvgIpc) is 2.17. The van der Waals surface area contributed by atoms with Crippen LogP contribution >= 0.6 is 0 Å². The minimum absolute atomic E-state index is 0.0293. The molecule has 0 atom stereocenters. The Kier molecular flexibility index (Phi) is 3.76. The fraction of sp³-hybridized carbons (Fsp3) is 0.200. The molecular formula is C10H9F3NO2. The standard InChI is InChI=1S/C10H9F3NO2/c1-2-16-9(15)14-8-5-3-4-7(6-8)10(11,12)13/h2-6H,1H3,(H,14,15). The van der Waals surface area contributed by atoms with Gasteiger partial charge in [-0.15, -0.1) is 0 Å². The molecule has 87 valence electrons. The molecule has 0 aliphatic heterocycles. The molecule has 0 aromatic heterocycles. The zero-order chi connectivity index (χ0) is 12.2. The summed E-state index contributed by atoms with van der Waals surface area (Å²) >= 11 is 0. The summed E-state index contributed by atoms with van der Waals surface area (Å²) in [5.41, 5.74) is -0.799. The molecule has 0 aliphatic carbocycles. The molecule has 6 heteroatoms. The Balaban J connectivity index is 2.79. The molecule has 1 aromatic rings. The molecule has 0 aliphatic rings. The number of anilines is 1. The normalized spacial score (nSPS) is 11.0. The van der Waals surface area contributed by atoms with Gasteiger partial charge in [0.2, 0.25) is 0 Å². The highest BCUT2D eigenvalue weighted by Gasteiger charge is 2.30. The third kappa shape index (κ3) is 3.45. The summed E-state index contributed by atoms with van der Waals surface area (Å²) in [4.78, 5) is 10.9. The summed E-state index contributed by atoms with van der Waals surface area (Å²) in [5, 5.41) is 2.16. The largest absolute Gasteiger partial charge is 0.442 e. The maximum Gasteiger partial charge on any atom is 0.416 e. The van der Waals surface area contributed by atoms with Crippen LogP contribution in [0.5, 0.6) is 0 Å². The second kappa shape index (κ2) is 4.87. The Morgan fingerprint density at radius 3 is 2.69 bits per heavy atom. The Labute approximate surface area is 90.2 Å². The van der Waals surface area contributed by atoms with Crippen molar-refractivity contribution in [3.05, 3.63) is 36.4 Å². The van der Waals surface area contributed by atoms with Gasteiger partial charge in [0.15, 0.2) is 0 Å². The molecular weight excluding hydrogens is 223 g/mol. The number of rotatable bonds is 2. The molecule has 0 saturated carbocycles. The van der Waals surface area contributed by atoms with Gasteiger partial charge in [0.25, 0.3) is 0 Å². The number of halogens is 3. The van der Waals surface area contributed by atoms with Crippen LogP contribution in [-0.4, -0.2) is 6.09 Å². The van der Waals surface area contributed by atoms with Gasteiger partial charge in [0.05, 0.1) is 5.56 Å². The summed E-state index contributed by atoms with van der Waals surface area (Å²) in [6, 6.07) is 4.29. The molecule has 1 rings (SSSR count). The Morgan fingerprint density at radius 2 is 2.12 bits per heavy atom. The third-order valence-electron chi connectivity index (χ3n) is 1.66. The van der Waals surface area contributed by atoms with Crippen LogP contribution in [0, 0.1) is 6.61 Å². The van der Waals surface area contributed by atoms with E-state index in [1.807, 2.05) is 0 Å². The van der Waals surface area contributed by atoms with Gasteiger partial charge < -0.3 is 4.74 Å². The quantitative estimate of drug-likeness (QED) is 0.848. The molecule has 0 fully saturated rings. The smallest absolute Gasteiger partial charge is 0.416 e. The molecule has 0 spiro atoms. The number of carbonyl (C=O) groups is 1. The van der Waals surface area contributed by atoms with Crippen LogP contribution in [-0.2, 0) is 10.9 Å². The van der Waals surface area contributed by atoms with Gasteiger partial charge >= 0.3 is 12.3 Å². The number of amides is 1. The lowest BCUT2D eigenvalue weighted by molar-refractivity contribution is -0.137. The number of nitrogens with one attached hydrogen (secondary N) is 1. The lowest BCUT2D eigenvalue weighted by Crippen LogP contribution is -2.12. The van der Waals surface area contributed by atoms with Crippen molar-refractivity contribution >= 4 is 11.8 Å². The van der Waals surface area contributed by atoms with E-state index in [0.717, 1.165) is 18.7 Å². The molecule has 1 radical (unpaired) electrons. The van der Waals surface area contributed by atoms with Gasteiger partial charge in [-0.2, -0.15) is 13.2 Å². The van der Waals surface area contributed by atoms with Crippen molar-refractivity contribution in [2.75, 3.05) is 5.32 Å². The lowest BCUT2D eigenvalue weighted by atomic mass is 10.2. The van der Waals surface area contributed by atoms with Crippen LogP contribution < -0.4 is 5.32 Å². The van der Waals surface area contributed by atoms with Crippen molar-refractivity contribution < 1.29 is 22.7 Å². The third-order valence-corrected chi connectivity index (χ3v) is 1.66. The zero-order valence-corrected chi connectivity index (χ0v) is 8.34. The van der Waals surface area contributed by atoms with Gasteiger partial charge in [0, 0.05) is 5.69 Å². The second-order valence-corrected chi connectivity index (χ2v) is 2.84. The van der Waals surface area contributed by atoms with E-state index in [0.29, 0.717) is 0 Å². The first kappa shape index (κ1) is 12.4. The molecule has 0 saturated heterocycles. The Morgan fingerprint density at radius 1 is 1.44 bits per heavy atom. The number of benzene rings is 1. The second-order valence-electron chi connectivity index (χ2n) is 2.84. The zero-order valence-electron chi connectivity index (χ0n) is 8.34. The molecule has 0 bridgehead atoms. The number of alkyl halides is 3. The average molecular weight is 232 g/mol. The van der Waals surface area contributed by atoms with Gasteiger partial charge in [-0.1, -0.05) is 6.07 Å². The highest BCUT2D eigenvalue weighted by atomic mass is 19.4. The van der Waals surface area contributed by atoms with E-state index < -0.39 is 17.8 Å². The molecule has 3 nitrogen and oxygen atoms in total. The minimum Gasteiger partial charge on any atom is -0.442 e.